The van der Waals surface area contributed by atoms with E-state index in [-0.39, 0.29) is 19.0 Å². The number of halogens is 1. The van der Waals surface area contributed by atoms with E-state index >= 15 is 0 Å². The number of ether oxygens (including phenoxy) is 1. The number of nitrogens with zero attached hydrogens (tertiary/aromatic N) is 4. The summed E-state index contributed by atoms with van der Waals surface area (Å²) in [6, 6.07) is 8.36. The van der Waals surface area contributed by atoms with Crippen LogP contribution >= 0.6 is 0 Å². The molecule has 3 aromatic rings. The number of anilines is 2. The quantitative estimate of drug-likeness (QED) is 0.588. The average molecular weight is 438 g/mol. The van der Waals surface area contributed by atoms with Crippen molar-refractivity contribution in [2.45, 2.75) is 26.5 Å². The number of imidazole rings is 1. The second kappa shape index (κ2) is 9.04. The minimum absolute atomic E-state index is 0.208. The lowest BCUT2D eigenvalue weighted by atomic mass is 10.2. The Morgan fingerprint density at radius 1 is 1.28 bits per heavy atom. The smallest absolute Gasteiger partial charge is 0.414 e. The fraction of sp³-hybridized carbons (Fsp3) is 0.273. The van der Waals surface area contributed by atoms with Crippen molar-refractivity contribution in [3.8, 4) is 5.69 Å². The van der Waals surface area contributed by atoms with Gasteiger partial charge >= 0.3 is 6.09 Å². The van der Waals surface area contributed by atoms with Crippen LogP contribution in [0.5, 0.6) is 0 Å². The predicted octanol–water partition coefficient (Wildman–Crippen LogP) is 2.79. The van der Waals surface area contributed by atoms with E-state index in [1.165, 1.54) is 24.2 Å². The molecular weight excluding hydrogens is 415 g/mol. The topological polar surface area (TPSA) is 101 Å². The van der Waals surface area contributed by atoms with E-state index in [1.807, 2.05) is 19.1 Å². The maximum Gasteiger partial charge on any atom is 0.414 e. The van der Waals surface area contributed by atoms with E-state index < -0.39 is 18.0 Å². The highest BCUT2D eigenvalue weighted by atomic mass is 19.1. The van der Waals surface area contributed by atoms with Gasteiger partial charge in [0.1, 0.15) is 17.7 Å². The lowest BCUT2D eigenvalue weighted by molar-refractivity contribution is -0.119. The van der Waals surface area contributed by atoms with Crippen LogP contribution in [0.15, 0.2) is 49.1 Å². The molecule has 1 fully saturated rings. The van der Waals surface area contributed by atoms with Crippen LogP contribution in [0.25, 0.3) is 5.69 Å². The van der Waals surface area contributed by atoms with E-state index in [4.69, 9.17) is 4.74 Å². The van der Waals surface area contributed by atoms with Gasteiger partial charge in [0.05, 0.1) is 43.0 Å². The molecule has 1 atom stereocenters. The summed E-state index contributed by atoms with van der Waals surface area (Å²) in [6.45, 7) is 4.24. The normalized spacial score (nSPS) is 15.5. The first-order chi connectivity index (χ1) is 15.4. The van der Waals surface area contributed by atoms with E-state index in [2.05, 4.69) is 20.6 Å². The number of aryl methyl sites for hydroxylation is 1. The van der Waals surface area contributed by atoms with Gasteiger partial charge in [0.2, 0.25) is 5.91 Å². The van der Waals surface area contributed by atoms with Crippen molar-refractivity contribution in [2.24, 2.45) is 0 Å². The molecule has 1 aromatic carbocycles. The van der Waals surface area contributed by atoms with Gasteiger partial charge < -0.3 is 19.9 Å². The molecule has 2 amide bonds. The summed E-state index contributed by atoms with van der Waals surface area (Å²) < 4.78 is 21.7. The minimum Gasteiger partial charge on any atom is -0.442 e. The van der Waals surface area contributed by atoms with Gasteiger partial charge in [0.25, 0.3) is 0 Å². The zero-order chi connectivity index (χ0) is 22.7. The lowest BCUT2D eigenvalue weighted by Crippen LogP contribution is -2.33. The summed E-state index contributed by atoms with van der Waals surface area (Å²) in [6.07, 6.45) is 3.97. The summed E-state index contributed by atoms with van der Waals surface area (Å²) in [5.74, 6) is 0.0210. The molecule has 1 unspecified atom stereocenters. The molecule has 0 radical (unpaired) electrons. The Morgan fingerprint density at radius 3 is 2.84 bits per heavy atom. The number of nitrogens with one attached hydrogen (secondary N) is 2. The summed E-state index contributed by atoms with van der Waals surface area (Å²) in [7, 11) is 0. The third kappa shape index (κ3) is 4.85. The van der Waals surface area contributed by atoms with Crippen LogP contribution in [0.4, 0.5) is 20.7 Å². The van der Waals surface area contributed by atoms with Gasteiger partial charge in [-0.05, 0) is 36.8 Å². The van der Waals surface area contributed by atoms with Crippen molar-refractivity contribution in [3.05, 3.63) is 66.1 Å². The predicted molar refractivity (Wildman–Crippen MR) is 116 cm³/mol. The zero-order valence-electron chi connectivity index (χ0n) is 17.7. The Kier molecular flexibility index (Phi) is 6.02. The van der Waals surface area contributed by atoms with Gasteiger partial charge in [0, 0.05) is 19.3 Å². The van der Waals surface area contributed by atoms with Crippen LogP contribution in [0.1, 0.15) is 18.2 Å². The minimum atomic E-state index is -0.576. The fourth-order valence-electron chi connectivity index (χ4n) is 3.31. The standard InChI is InChI=1S/C22H23FN6O3/c1-14-3-6-21(25-8-14)26-9-16-11-28(13-27-16)20-5-4-17(7-19(20)23)29-12-18(32-22(29)31)10-24-15(2)30/h3-8,11,13,18H,9-10,12H2,1-2H3,(H,24,30)(H,25,26). The number of amides is 2. The first-order valence-electron chi connectivity index (χ1n) is 10.1. The summed E-state index contributed by atoms with van der Waals surface area (Å²) >= 11 is 0. The summed E-state index contributed by atoms with van der Waals surface area (Å²) in [5, 5.41) is 5.79. The number of aromatic nitrogens is 3. The number of benzene rings is 1. The Hall–Kier alpha value is -3.95. The van der Waals surface area contributed by atoms with Gasteiger partial charge in [-0.2, -0.15) is 0 Å². The van der Waals surface area contributed by atoms with E-state index in [1.54, 1.807) is 29.1 Å². The van der Waals surface area contributed by atoms with Gasteiger partial charge in [-0.25, -0.2) is 19.2 Å². The number of pyridine rings is 1. The molecule has 1 aliphatic rings. The van der Waals surface area contributed by atoms with E-state index in [9.17, 15) is 14.0 Å². The fourth-order valence-corrected chi connectivity index (χ4v) is 3.31. The Bertz CT molecular complexity index is 1130. The lowest BCUT2D eigenvalue weighted by Gasteiger charge is -2.14. The van der Waals surface area contributed by atoms with Crippen LogP contribution in [0, 0.1) is 12.7 Å². The molecule has 10 heteroatoms. The molecule has 1 aliphatic heterocycles. The van der Waals surface area contributed by atoms with Gasteiger partial charge in [-0.15, -0.1) is 0 Å². The first kappa shape index (κ1) is 21.3. The monoisotopic (exact) mass is 438 g/mol. The summed E-state index contributed by atoms with van der Waals surface area (Å²) in [4.78, 5) is 33.1. The number of hydrogen-bond donors (Lipinski definition) is 2. The van der Waals surface area contributed by atoms with Gasteiger partial charge in [-0.1, -0.05) is 6.07 Å². The molecule has 1 saturated heterocycles. The molecule has 9 nitrogen and oxygen atoms in total. The van der Waals surface area contributed by atoms with Crippen LogP contribution in [-0.2, 0) is 16.1 Å². The maximum atomic E-state index is 14.9. The molecule has 32 heavy (non-hydrogen) atoms. The van der Waals surface area contributed by atoms with Crippen LogP contribution < -0.4 is 15.5 Å². The number of hydrogen-bond acceptors (Lipinski definition) is 6. The third-order valence-corrected chi connectivity index (χ3v) is 4.97. The largest absolute Gasteiger partial charge is 0.442 e. The van der Waals surface area contributed by atoms with Crippen molar-refractivity contribution >= 4 is 23.5 Å². The van der Waals surface area contributed by atoms with Crippen LogP contribution in [0.2, 0.25) is 0 Å². The number of carbonyl (C=O) groups excluding carboxylic acids is 2. The van der Waals surface area contributed by atoms with Gasteiger partial charge in [-0.3, -0.25) is 9.69 Å². The highest BCUT2D eigenvalue weighted by Gasteiger charge is 2.32. The van der Waals surface area contributed by atoms with Crippen molar-refractivity contribution < 1.29 is 18.7 Å². The number of carbonyl (C=O) groups is 2. The second-order valence-electron chi connectivity index (χ2n) is 7.54. The molecule has 4 rings (SSSR count). The number of cyclic esters (lactones) is 1. The van der Waals surface area contributed by atoms with Crippen LogP contribution in [0.3, 0.4) is 0 Å². The molecule has 2 aromatic heterocycles. The second-order valence-corrected chi connectivity index (χ2v) is 7.54. The maximum absolute atomic E-state index is 14.9. The van der Waals surface area contributed by atoms with Gasteiger partial charge in [0.15, 0.2) is 0 Å². The van der Waals surface area contributed by atoms with Crippen LogP contribution in [-0.4, -0.2) is 45.7 Å². The summed E-state index contributed by atoms with van der Waals surface area (Å²) in [5.41, 5.74) is 2.49. The Labute approximate surface area is 184 Å². The molecule has 0 aliphatic carbocycles. The number of rotatable bonds is 7. The average Bonchev–Trinajstić information content (AvgIpc) is 3.38. The molecule has 0 saturated carbocycles. The third-order valence-electron chi connectivity index (χ3n) is 4.97. The van der Waals surface area contributed by atoms with Crippen molar-refractivity contribution in [1.82, 2.24) is 19.9 Å². The molecule has 3 heterocycles. The van der Waals surface area contributed by atoms with Crippen molar-refractivity contribution in [2.75, 3.05) is 23.3 Å². The highest BCUT2D eigenvalue weighted by molar-refractivity contribution is 5.90. The SMILES string of the molecule is CC(=O)NCC1CN(c2ccc(-n3cnc(CNc4ccc(C)cn4)c3)c(F)c2)C(=O)O1. The van der Waals surface area contributed by atoms with Crippen molar-refractivity contribution in [3.63, 3.8) is 0 Å². The molecule has 2 N–H and O–H groups in total. The molecule has 0 bridgehead atoms. The Balaban J connectivity index is 1.42. The Morgan fingerprint density at radius 2 is 2.12 bits per heavy atom. The van der Waals surface area contributed by atoms with E-state index in [0.29, 0.717) is 17.9 Å². The molecule has 166 valence electrons. The molecule has 0 spiro atoms. The van der Waals surface area contributed by atoms with E-state index in [0.717, 1.165) is 17.1 Å². The van der Waals surface area contributed by atoms with Crippen molar-refractivity contribution in [1.29, 1.82) is 0 Å². The highest BCUT2D eigenvalue weighted by Crippen LogP contribution is 2.25. The zero-order valence-corrected chi connectivity index (χ0v) is 17.7. The first-order valence-corrected chi connectivity index (χ1v) is 10.1. The molecular formula is C22H23FN6O3.